The number of carboxylic acids is 1. The van der Waals surface area contributed by atoms with Gasteiger partial charge in [-0.1, -0.05) is 12.1 Å². The summed E-state index contributed by atoms with van der Waals surface area (Å²) < 4.78 is 17.9. The van der Waals surface area contributed by atoms with Gasteiger partial charge in [0.1, 0.15) is 11.6 Å². The topological polar surface area (TPSA) is 58.6 Å². The van der Waals surface area contributed by atoms with E-state index in [2.05, 4.69) is 5.32 Å². The molecule has 2 rings (SSSR count). The van der Waals surface area contributed by atoms with Crippen LogP contribution in [0.2, 0.25) is 0 Å². The molecule has 2 N–H and O–H groups in total. The molecule has 0 amide bonds. The van der Waals surface area contributed by atoms with Gasteiger partial charge in [-0.3, -0.25) is 0 Å². The van der Waals surface area contributed by atoms with Gasteiger partial charge in [-0.05, 0) is 29.8 Å². The summed E-state index contributed by atoms with van der Waals surface area (Å²) in [5.41, 5.74) is 1.47. The predicted molar refractivity (Wildman–Crippen MR) is 73.7 cm³/mol. The average molecular weight is 275 g/mol. The van der Waals surface area contributed by atoms with Gasteiger partial charge in [-0.15, -0.1) is 0 Å². The molecule has 5 heteroatoms. The van der Waals surface area contributed by atoms with Crippen LogP contribution in [0.4, 0.5) is 10.1 Å². The minimum atomic E-state index is -1.02. The van der Waals surface area contributed by atoms with Gasteiger partial charge >= 0.3 is 5.97 Å². The SMILES string of the molecule is COc1ccc(C(=O)O)c(NCc2ccc(F)cc2)c1. The predicted octanol–water partition coefficient (Wildman–Crippen LogP) is 3.14. The number of hydrogen-bond acceptors (Lipinski definition) is 3. The summed E-state index contributed by atoms with van der Waals surface area (Å²) in [6.45, 7) is 0.397. The van der Waals surface area contributed by atoms with Crippen molar-refractivity contribution in [3.63, 3.8) is 0 Å². The number of hydrogen-bond donors (Lipinski definition) is 2. The highest BCUT2D eigenvalue weighted by molar-refractivity contribution is 5.94. The molecular formula is C15H14FNO3. The smallest absolute Gasteiger partial charge is 0.337 e. The fourth-order valence-corrected chi connectivity index (χ4v) is 1.78. The van der Waals surface area contributed by atoms with Crippen molar-refractivity contribution in [2.45, 2.75) is 6.54 Å². The van der Waals surface area contributed by atoms with Crippen LogP contribution in [0, 0.1) is 5.82 Å². The molecule has 0 aliphatic carbocycles. The third kappa shape index (κ3) is 3.26. The van der Waals surface area contributed by atoms with Crippen LogP contribution in [0.15, 0.2) is 42.5 Å². The van der Waals surface area contributed by atoms with Gasteiger partial charge in [0.25, 0.3) is 0 Å². The Morgan fingerprint density at radius 1 is 1.25 bits per heavy atom. The quantitative estimate of drug-likeness (QED) is 0.880. The van der Waals surface area contributed by atoms with Gasteiger partial charge in [0.05, 0.1) is 18.4 Å². The number of methoxy groups -OCH3 is 1. The molecule has 0 radical (unpaired) electrons. The number of carboxylic acid groups (broad SMARTS) is 1. The average Bonchev–Trinajstić information content (AvgIpc) is 2.46. The molecule has 0 unspecified atom stereocenters. The molecular weight excluding hydrogens is 261 g/mol. The van der Waals surface area contributed by atoms with E-state index in [1.165, 1.54) is 25.3 Å². The lowest BCUT2D eigenvalue weighted by Crippen LogP contribution is -2.06. The Morgan fingerprint density at radius 3 is 2.55 bits per heavy atom. The standard InChI is InChI=1S/C15H14FNO3/c1-20-12-6-7-13(15(18)19)14(8-12)17-9-10-2-4-11(16)5-3-10/h2-8,17H,9H2,1H3,(H,18,19). The Kier molecular flexibility index (Phi) is 4.20. The van der Waals surface area contributed by atoms with Crippen LogP contribution in [0.5, 0.6) is 5.75 Å². The largest absolute Gasteiger partial charge is 0.497 e. The van der Waals surface area contributed by atoms with Gasteiger partial charge in [0.15, 0.2) is 0 Å². The summed E-state index contributed by atoms with van der Waals surface area (Å²) in [6, 6.07) is 10.7. The molecule has 0 bridgehead atoms. The van der Waals surface area contributed by atoms with E-state index in [1.54, 1.807) is 24.3 Å². The Hall–Kier alpha value is -2.56. The number of carbonyl (C=O) groups is 1. The molecule has 2 aromatic carbocycles. The van der Waals surface area contributed by atoms with Crippen molar-refractivity contribution < 1.29 is 19.0 Å². The van der Waals surface area contributed by atoms with Crippen molar-refractivity contribution >= 4 is 11.7 Å². The first-order valence-corrected chi connectivity index (χ1v) is 6.00. The fourth-order valence-electron chi connectivity index (χ4n) is 1.78. The number of ether oxygens (including phenoxy) is 1. The zero-order valence-corrected chi connectivity index (χ0v) is 10.9. The first kappa shape index (κ1) is 13.9. The molecule has 20 heavy (non-hydrogen) atoms. The maximum absolute atomic E-state index is 12.8. The second-order valence-corrected chi connectivity index (χ2v) is 4.20. The van der Waals surface area contributed by atoms with Gasteiger partial charge in [-0.2, -0.15) is 0 Å². The van der Waals surface area contributed by atoms with E-state index in [0.717, 1.165) is 5.56 Å². The van der Waals surface area contributed by atoms with Crippen LogP contribution in [0.1, 0.15) is 15.9 Å². The van der Waals surface area contributed by atoms with Crippen LogP contribution >= 0.6 is 0 Å². The molecule has 0 atom stereocenters. The van der Waals surface area contributed by atoms with E-state index in [0.29, 0.717) is 18.0 Å². The number of rotatable bonds is 5. The fraction of sp³-hybridized carbons (Fsp3) is 0.133. The van der Waals surface area contributed by atoms with E-state index in [-0.39, 0.29) is 11.4 Å². The lowest BCUT2D eigenvalue weighted by atomic mass is 10.1. The zero-order valence-electron chi connectivity index (χ0n) is 10.9. The molecule has 0 aromatic heterocycles. The normalized spacial score (nSPS) is 10.1. The van der Waals surface area contributed by atoms with E-state index < -0.39 is 5.97 Å². The van der Waals surface area contributed by atoms with E-state index in [1.807, 2.05) is 0 Å². The minimum Gasteiger partial charge on any atom is -0.497 e. The molecule has 0 heterocycles. The second kappa shape index (κ2) is 6.06. The number of halogens is 1. The van der Waals surface area contributed by atoms with Crippen molar-refractivity contribution in [3.05, 3.63) is 59.4 Å². The number of aromatic carboxylic acids is 1. The van der Waals surface area contributed by atoms with Gasteiger partial charge in [-0.25, -0.2) is 9.18 Å². The Balaban J connectivity index is 2.18. The van der Waals surface area contributed by atoms with Gasteiger partial charge in [0, 0.05) is 12.6 Å². The monoisotopic (exact) mass is 275 g/mol. The van der Waals surface area contributed by atoms with Gasteiger partial charge in [0.2, 0.25) is 0 Å². The maximum Gasteiger partial charge on any atom is 0.337 e. The number of anilines is 1. The Bertz CT molecular complexity index is 611. The molecule has 2 aromatic rings. The lowest BCUT2D eigenvalue weighted by Gasteiger charge is -2.11. The summed E-state index contributed by atoms with van der Waals surface area (Å²) in [5, 5.41) is 12.2. The van der Waals surface area contributed by atoms with Crippen LogP contribution < -0.4 is 10.1 Å². The van der Waals surface area contributed by atoms with Crippen molar-refractivity contribution in [3.8, 4) is 5.75 Å². The highest BCUT2D eigenvalue weighted by atomic mass is 19.1. The molecule has 0 aliphatic heterocycles. The molecule has 104 valence electrons. The zero-order chi connectivity index (χ0) is 14.5. The summed E-state index contributed by atoms with van der Waals surface area (Å²) in [5.74, 6) is -0.757. The molecule has 0 saturated carbocycles. The van der Waals surface area contributed by atoms with E-state index >= 15 is 0 Å². The molecule has 0 saturated heterocycles. The van der Waals surface area contributed by atoms with E-state index in [4.69, 9.17) is 9.84 Å². The summed E-state index contributed by atoms with van der Waals surface area (Å²) >= 11 is 0. The highest BCUT2D eigenvalue weighted by Crippen LogP contribution is 2.23. The third-order valence-electron chi connectivity index (χ3n) is 2.85. The molecule has 0 spiro atoms. The molecule has 0 fully saturated rings. The van der Waals surface area contributed by atoms with Crippen molar-refractivity contribution in [1.82, 2.24) is 0 Å². The third-order valence-corrected chi connectivity index (χ3v) is 2.85. The molecule has 0 aliphatic rings. The second-order valence-electron chi connectivity index (χ2n) is 4.20. The van der Waals surface area contributed by atoms with Crippen molar-refractivity contribution in [1.29, 1.82) is 0 Å². The molecule has 4 nitrogen and oxygen atoms in total. The summed E-state index contributed by atoms with van der Waals surface area (Å²) in [6.07, 6.45) is 0. The Labute approximate surface area is 115 Å². The number of benzene rings is 2. The Morgan fingerprint density at radius 2 is 1.95 bits per heavy atom. The van der Waals surface area contributed by atoms with Crippen molar-refractivity contribution in [2.75, 3.05) is 12.4 Å². The van der Waals surface area contributed by atoms with E-state index in [9.17, 15) is 9.18 Å². The summed E-state index contributed by atoms with van der Waals surface area (Å²) in [7, 11) is 1.51. The van der Waals surface area contributed by atoms with Crippen molar-refractivity contribution in [2.24, 2.45) is 0 Å². The maximum atomic E-state index is 12.8. The lowest BCUT2D eigenvalue weighted by molar-refractivity contribution is 0.0698. The minimum absolute atomic E-state index is 0.160. The van der Waals surface area contributed by atoms with Crippen LogP contribution in [-0.2, 0) is 6.54 Å². The van der Waals surface area contributed by atoms with Gasteiger partial charge < -0.3 is 15.2 Å². The van der Waals surface area contributed by atoms with Crippen LogP contribution in [-0.4, -0.2) is 18.2 Å². The number of nitrogens with one attached hydrogen (secondary N) is 1. The highest BCUT2D eigenvalue weighted by Gasteiger charge is 2.10. The first-order chi connectivity index (χ1) is 9.60. The van der Waals surface area contributed by atoms with Crippen LogP contribution in [0.25, 0.3) is 0 Å². The van der Waals surface area contributed by atoms with Crippen LogP contribution in [0.3, 0.4) is 0 Å². The summed E-state index contributed by atoms with van der Waals surface area (Å²) in [4.78, 5) is 11.1. The first-order valence-electron chi connectivity index (χ1n) is 6.00.